The fraction of sp³-hybridized carbons (Fsp3) is 0.250. The Bertz CT molecular complexity index is 497. The van der Waals surface area contributed by atoms with Gasteiger partial charge in [0.25, 0.3) is 0 Å². The predicted octanol–water partition coefficient (Wildman–Crippen LogP) is -0.646. The molecule has 1 heterocycles. The molecule has 0 aliphatic rings. The van der Waals surface area contributed by atoms with Crippen molar-refractivity contribution >= 4 is 23.6 Å². The highest BCUT2D eigenvalue weighted by molar-refractivity contribution is 8.00. The number of aryl methyl sites for hydroxylation is 1. The number of carbonyl (C=O) groups is 2. The maximum Gasteiger partial charge on any atom is 0.346 e. The maximum absolute atomic E-state index is 11.0. The average molecular weight is 243 g/mol. The Morgan fingerprint density at radius 2 is 2.19 bits per heavy atom. The summed E-state index contributed by atoms with van der Waals surface area (Å²) in [6.07, 6.45) is 0. The van der Waals surface area contributed by atoms with Crippen molar-refractivity contribution in [2.75, 3.05) is 5.75 Å². The van der Waals surface area contributed by atoms with Gasteiger partial charge in [-0.25, -0.2) is 9.59 Å². The summed E-state index contributed by atoms with van der Waals surface area (Å²) < 4.78 is 0. The fourth-order valence-corrected chi connectivity index (χ4v) is 1.87. The molecule has 4 N–H and O–H groups in total. The van der Waals surface area contributed by atoms with E-state index in [0.717, 1.165) is 11.8 Å². The molecule has 16 heavy (non-hydrogen) atoms. The van der Waals surface area contributed by atoms with Gasteiger partial charge >= 0.3 is 11.7 Å². The molecule has 0 saturated heterocycles. The van der Waals surface area contributed by atoms with Crippen molar-refractivity contribution in [3.05, 3.63) is 21.7 Å². The van der Waals surface area contributed by atoms with Gasteiger partial charge in [0.05, 0.1) is 5.75 Å². The van der Waals surface area contributed by atoms with Crippen molar-refractivity contribution in [2.45, 2.75) is 11.9 Å². The normalized spacial score (nSPS) is 10.1. The molecule has 0 spiro atoms. The monoisotopic (exact) mass is 243 g/mol. The van der Waals surface area contributed by atoms with E-state index in [9.17, 15) is 14.4 Å². The van der Waals surface area contributed by atoms with Gasteiger partial charge in [-0.2, -0.15) is 4.98 Å². The van der Waals surface area contributed by atoms with Crippen molar-refractivity contribution in [3.8, 4) is 0 Å². The number of aromatic carboxylic acids is 1. The number of primary amides is 1. The number of thioether (sulfide) groups is 1. The van der Waals surface area contributed by atoms with Crippen LogP contribution in [-0.2, 0) is 4.79 Å². The molecule has 8 heteroatoms. The van der Waals surface area contributed by atoms with E-state index < -0.39 is 17.6 Å². The lowest BCUT2D eigenvalue weighted by molar-refractivity contribution is -0.115. The molecule has 0 fully saturated rings. The number of H-pyrrole nitrogens is 1. The number of carboxylic acids is 1. The number of rotatable bonds is 4. The number of hydrogen-bond acceptors (Lipinski definition) is 5. The Morgan fingerprint density at radius 3 is 2.69 bits per heavy atom. The average Bonchev–Trinajstić information content (AvgIpc) is 2.12. The molecule has 0 bridgehead atoms. The molecular formula is C8H9N3O4S. The van der Waals surface area contributed by atoms with Crippen molar-refractivity contribution in [1.29, 1.82) is 0 Å². The van der Waals surface area contributed by atoms with Crippen molar-refractivity contribution < 1.29 is 14.7 Å². The highest BCUT2D eigenvalue weighted by Crippen LogP contribution is 2.20. The van der Waals surface area contributed by atoms with Crippen LogP contribution in [0.4, 0.5) is 0 Å². The Balaban J connectivity index is 3.19. The molecule has 1 amide bonds. The number of hydrogen-bond donors (Lipinski definition) is 3. The summed E-state index contributed by atoms with van der Waals surface area (Å²) in [6, 6.07) is 0. The van der Waals surface area contributed by atoms with E-state index in [-0.39, 0.29) is 22.0 Å². The van der Waals surface area contributed by atoms with Crippen LogP contribution >= 0.6 is 11.8 Å². The summed E-state index contributed by atoms with van der Waals surface area (Å²) >= 11 is 0.825. The number of amides is 1. The van der Waals surface area contributed by atoms with Crippen LogP contribution in [0.3, 0.4) is 0 Å². The van der Waals surface area contributed by atoms with Crippen LogP contribution in [0, 0.1) is 6.92 Å². The Kier molecular flexibility index (Phi) is 3.67. The third kappa shape index (κ3) is 2.83. The van der Waals surface area contributed by atoms with Crippen LogP contribution in [-0.4, -0.2) is 32.7 Å². The van der Waals surface area contributed by atoms with Crippen LogP contribution in [0.5, 0.6) is 0 Å². The first-order valence-corrected chi connectivity index (χ1v) is 5.15. The van der Waals surface area contributed by atoms with Gasteiger partial charge in [-0.1, -0.05) is 11.8 Å². The fourth-order valence-electron chi connectivity index (χ4n) is 1.06. The van der Waals surface area contributed by atoms with Crippen molar-refractivity contribution in [3.63, 3.8) is 0 Å². The van der Waals surface area contributed by atoms with E-state index in [2.05, 4.69) is 9.97 Å². The standard InChI is InChI=1S/C8H9N3O4S/c1-3-5(7(13)14)6(11-8(15)10-3)16-2-4(9)12/h2H2,1H3,(H2,9,12)(H,13,14)(H,10,11,15). The van der Waals surface area contributed by atoms with E-state index in [4.69, 9.17) is 10.8 Å². The summed E-state index contributed by atoms with van der Waals surface area (Å²) in [4.78, 5) is 38.3. The Hall–Kier alpha value is -1.83. The number of carbonyl (C=O) groups excluding carboxylic acids is 1. The number of nitrogens with zero attached hydrogens (tertiary/aromatic N) is 1. The molecule has 0 unspecified atom stereocenters. The maximum atomic E-state index is 11.0. The van der Waals surface area contributed by atoms with Gasteiger partial charge in [-0.05, 0) is 6.92 Å². The molecule has 86 valence electrons. The van der Waals surface area contributed by atoms with E-state index in [0.29, 0.717) is 0 Å². The summed E-state index contributed by atoms with van der Waals surface area (Å²) in [6.45, 7) is 1.45. The highest BCUT2D eigenvalue weighted by atomic mass is 32.2. The zero-order chi connectivity index (χ0) is 12.3. The van der Waals surface area contributed by atoms with Crippen molar-refractivity contribution in [2.24, 2.45) is 5.73 Å². The van der Waals surface area contributed by atoms with E-state index >= 15 is 0 Å². The SMILES string of the molecule is Cc1[nH]c(=O)nc(SCC(N)=O)c1C(=O)O. The van der Waals surface area contributed by atoms with E-state index in [1.807, 2.05) is 0 Å². The van der Waals surface area contributed by atoms with E-state index in [1.54, 1.807) is 0 Å². The van der Waals surface area contributed by atoms with Crippen molar-refractivity contribution in [1.82, 2.24) is 9.97 Å². The molecule has 0 aliphatic heterocycles. The third-order valence-corrected chi connectivity index (χ3v) is 2.65. The molecule has 1 rings (SSSR count). The second-order valence-corrected chi connectivity index (χ2v) is 3.87. The summed E-state index contributed by atoms with van der Waals surface area (Å²) in [5, 5.41) is 8.90. The molecule has 0 saturated carbocycles. The smallest absolute Gasteiger partial charge is 0.346 e. The second kappa shape index (κ2) is 4.79. The summed E-state index contributed by atoms with van der Waals surface area (Å²) in [7, 11) is 0. The highest BCUT2D eigenvalue weighted by Gasteiger charge is 2.17. The van der Waals surface area contributed by atoms with Gasteiger partial charge in [-0.15, -0.1) is 0 Å². The summed E-state index contributed by atoms with van der Waals surface area (Å²) in [5.41, 5.74) is 4.34. The number of carboxylic acid groups (broad SMARTS) is 1. The Labute approximate surface area is 94.1 Å². The number of nitrogens with one attached hydrogen (secondary N) is 1. The zero-order valence-corrected chi connectivity index (χ0v) is 9.13. The van der Waals surface area contributed by atoms with Crippen LogP contribution in [0.2, 0.25) is 0 Å². The lowest BCUT2D eigenvalue weighted by atomic mass is 10.2. The van der Waals surface area contributed by atoms with E-state index in [1.165, 1.54) is 6.92 Å². The zero-order valence-electron chi connectivity index (χ0n) is 8.31. The topological polar surface area (TPSA) is 126 Å². The first kappa shape index (κ1) is 12.2. The molecule has 0 atom stereocenters. The molecule has 1 aromatic heterocycles. The lowest BCUT2D eigenvalue weighted by Crippen LogP contribution is -2.19. The quantitative estimate of drug-likeness (QED) is 0.476. The lowest BCUT2D eigenvalue weighted by Gasteiger charge is -2.05. The molecular weight excluding hydrogens is 234 g/mol. The van der Waals surface area contributed by atoms with Crippen LogP contribution < -0.4 is 11.4 Å². The number of aromatic amines is 1. The first-order chi connectivity index (χ1) is 7.41. The second-order valence-electron chi connectivity index (χ2n) is 2.91. The number of aromatic nitrogens is 2. The largest absolute Gasteiger partial charge is 0.478 e. The van der Waals surface area contributed by atoms with Gasteiger partial charge in [0, 0.05) is 5.69 Å². The minimum absolute atomic E-state index is 0.00690. The van der Waals surface area contributed by atoms with Crippen LogP contribution in [0.1, 0.15) is 16.1 Å². The molecule has 0 aromatic carbocycles. The molecule has 1 aromatic rings. The predicted molar refractivity (Wildman–Crippen MR) is 56.5 cm³/mol. The molecule has 0 aliphatic carbocycles. The van der Waals surface area contributed by atoms with Gasteiger partial charge in [0.1, 0.15) is 10.6 Å². The Morgan fingerprint density at radius 1 is 1.56 bits per heavy atom. The van der Waals surface area contributed by atoms with Gasteiger partial charge in [-0.3, -0.25) is 4.79 Å². The molecule has 0 radical (unpaired) electrons. The molecule has 7 nitrogen and oxygen atoms in total. The van der Waals surface area contributed by atoms with Crippen LogP contribution in [0.25, 0.3) is 0 Å². The minimum atomic E-state index is -1.21. The van der Waals surface area contributed by atoms with Crippen LogP contribution in [0.15, 0.2) is 9.82 Å². The van der Waals surface area contributed by atoms with Gasteiger partial charge in [0.2, 0.25) is 5.91 Å². The first-order valence-electron chi connectivity index (χ1n) is 4.17. The summed E-state index contributed by atoms with van der Waals surface area (Å²) in [5.74, 6) is -1.95. The number of nitrogens with two attached hydrogens (primary N) is 1. The third-order valence-electron chi connectivity index (χ3n) is 1.65. The van der Waals surface area contributed by atoms with Gasteiger partial charge in [0.15, 0.2) is 0 Å². The van der Waals surface area contributed by atoms with Gasteiger partial charge < -0.3 is 15.8 Å². The minimum Gasteiger partial charge on any atom is -0.478 e.